The molecular weight excluding hydrogens is 264 g/mol. The van der Waals surface area contributed by atoms with E-state index in [2.05, 4.69) is 20.6 Å². The second kappa shape index (κ2) is 6.61. The zero-order chi connectivity index (χ0) is 12.8. The minimum atomic E-state index is 0.698. The largest absolute Gasteiger partial charge is 0.366 e. The smallest absolute Gasteiger partial charge is 0.166 e. The molecule has 1 aromatic heterocycles. The molecule has 0 aliphatic rings. The van der Waals surface area contributed by atoms with Crippen LogP contribution in [-0.4, -0.2) is 34.4 Å². The molecule has 2 rings (SSSR count). The quantitative estimate of drug-likeness (QED) is 0.445. The molecule has 96 valence electrons. The molecule has 18 heavy (non-hydrogen) atoms. The van der Waals surface area contributed by atoms with Gasteiger partial charge in [-0.25, -0.2) is 4.98 Å². The van der Waals surface area contributed by atoms with E-state index < -0.39 is 0 Å². The fourth-order valence-corrected chi connectivity index (χ4v) is 2.46. The first kappa shape index (κ1) is 13.2. The molecule has 0 atom stereocenters. The Kier molecular flexibility index (Phi) is 4.83. The van der Waals surface area contributed by atoms with Gasteiger partial charge in [0.15, 0.2) is 10.3 Å². The predicted molar refractivity (Wildman–Crippen MR) is 81.1 cm³/mol. The van der Waals surface area contributed by atoms with Gasteiger partial charge in [0.1, 0.15) is 0 Å². The summed E-state index contributed by atoms with van der Waals surface area (Å²) in [7, 11) is 1.82. The Balaban J connectivity index is 1.75. The van der Waals surface area contributed by atoms with Gasteiger partial charge in [-0.2, -0.15) is 0 Å². The van der Waals surface area contributed by atoms with Gasteiger partial charge in [-0.15, -0.1) is 0 Å². The summed E-state index contributed by atoms with van der Waals surface area (Å²) >= 11 is 6.73. The summed E-state index contributed by atoms with van der Waals surface area (Å²) in [5.41, 5.74) is 2.11. The van der Waals surface area contributed by atoms with E-state index in [1.54, 1.807) is 11.8 Å². The first-order chi connectivity index (χ1) is 8.79. The fraction of sp³-hybridized carbons (Fsp3) is 0.333. The number of nitrogens with one attached hydrogen (secondary N) is 3. The molecule has 2 aromatic rings. The normalized spacial score (nSPS) is 10.5. The average Bonchev–Trinajstić information content (AvgIpc) is 2.80. The van der Waals surface area contributed by atoms with E-state index in [1.807, 2.05) is 31.3 Å². The SMILES string of the molecule is CNC(=S)NCCCSc1nc2ccccc2[nH]1. The van der Waals surface area contributed by atoms with Crippen LogP contribution < -0.4 is 10.6 Å². The van der Waals surface area contributed by atoms with Crippen molar-refractivity contribution in [2.45, 2.75) is 11.6 Å². The van der Waals surface area contributed by atoms with Gasteiger partial charge in [-0.3, -0.25) is 0 Å². The van der Waals surface area contributed by atoms with Crippen molar-refractivity contribution in [3.63, 3.8) is 0 Å². The second-order valence-electron chi connectivity index (χ2n) is 3.77. The molecule has 1 aromatic carbocycles. The lowest BCUT2D eigenvalue weighted by Gasteiger charge is -2.05. The Bertz CT molecular complexity index is 491. The van der Waals surface area contributed by atoms with Crippen molar-refractivity contribution in [1.29, 1.82) is 0 Å². The van der Waals surface area contributed by atoms with Crippen molar-refractivity contribution in [3.05, 3.63) is 24.3 Å². The first-order valence-corrected chi connectivity index (χ1v) is 7.22. The Morgan fingerprint density at radius 2 is 2.28 bits per heavy atom. The molecule has 6 heteroatoms. The molecule has 0 aliphatic carbocycles. The van der Waals surface area contributed by atoms with E-state index in [0.29, 0.717) is 5.11 Å². The van der Waals surface area contributed by atoms with Crippen molar-refractivity contribution in [3.8, 4) is 0 Å². The zero-order valence-electron chi connectivity index (χ0n) is 10.2. The summed E-state index contributed by atoms with van der Waals surface area (Å²) in [5, 5.41) is 7.68. The number of fused-ring (bicyclic) bond motifs is 1. The molecule has 0 spiro atoms. The molecule has 3 N–H and O–H groups in total. The van der Waals surface area contributed by atoms with Crippen molar-refractivity contribution in [2.24, 2.45) is 0 Å². The maximum absolute atomic E-state index is 4.99. The summed E-state index contributed by atoms with van der Waals surface area (Å²) in [4.78, 5) is 7.81. The molecule has 0 bridgehead atoms. The highest BCUT2D eigenvalue weighted by atomic mass is 32.2. The highest BCUT2D eigenvalue weighted by Gasteiger charge is 2.01. The number of H-pyrrole nitrogens is 1. The molecule has 0 radical (unpaired) electrons. The van der Waals surface area contributed by atoms with E-state index in [9.17, 15) is 0 Å². The van der Waals surface area contributed by atoms with Crippen LogP contribution in [0.3, 0.4) is 0 Å². The number of nitrogens with zero attached hydrogens (tertiary/aromatic N) is 1. The molecule has 0 unspecified atom stereocenters. The van der Waals surface area contributed by atoms with Crippen molar-refractivity contribution >= 4 is 40.1 Å². The topological polar surface area (TPSA) is 52.7 Å². The van der Waals surface area contributed by atoms with Crippen LogP contribution in [0.25, 0.3) is 11.0 Å². The molecule has 0 amide bonds. The van der Waals surface area contributed by atoms with E-state index in [-0.39, 0.29) is 0 Å². The standard InChI is InChI=1S/C12H16N4S2/c1-13-11(17)14-7-4-8-18-12-15-9-5-2-3-6-10(9)16-12/h2-3,5-6H,4,7-8H2,1H3,(H,15,16)(H2,13,14,17). The van der Waals surface area contributed by atoms with Crippen LogP contribution in [0.15, 0.2) is 29.4 Å². The maximum Gasteiger partial charge on any atom is 0.166 e. The highest BCUT2D eigenvalue weighted by Crippen LogP contribution is 2.19. The van der Waals surface area contributed by atoms with E-state index >= 15 is 0 Å². The van der Waals surface area contributed by atoms with Crippen LogP contribution >= 0.6 is 24.0 Å². The van der Waals surface area contributed by atoms with Crippen LogP contribution in [0.1, 0.15) is 6.42 Å². The van der Waals surface area contributed by atoms with Gasteiger partial charge in [0.25, 0.3) is 0 Å². The molecule has 0 fully saturated rings. The molecule has 0 saturated carbocycles. The van der Waals surface area contributed by atoms with Crippen LogP contribution in [0.5, 0.6) is 0 Å². The summed E-state index contributed by atoms with van der Waals surface area (Å²) in [6, 6.07) is 8.07. The monoisotopic (exact) mass is 280 g/mol. The summed E-state index contributed by atoms with van der Waals surface area (Å²) in [6.07, 6.45) is 1.05. The number of aromatic nitrogens is 2. The zero-order valence-corrected chi connectivity index (χ0v) is 11.8. The average molecular weight is 280 g/mol. The Morgan fingerprint density at radius 3 is 3.06 bits per heavy atom. The Labute approximate surface area is 116 Å². The van der Waals surface area contributed by atoms with Crippen LogP contribution in [0, 0.1) is 0 Å². The number of aromatic amines is 1. The second-order valence-corrected chi connectivity index (χ2v) is 5.26. The third kappa shape index (κ3) is 3.61. The summed E-state index contributed by atoms with van der Waals surface area (Å²) in [6.45, 7) is 0.882. The summed E-state index contributed by atoms with van der Waals surface area (Å²) < 4.78 is 0. The van der Waals surface area contributed by atoms with Gasteiger partial charge in [0, 0.05) is 19.3 Å². The number of hydrogen-bond donors (Lipinski definition) is 3. The third-order valence-electron chi connectivity index (χ3n) is 2.44. The molecule has 4 nitrogen and oxygen atoms in total. The van der Waals surface area contributed by atoms with Crippen molar-refractivity contribution < 1.29 is 0 Å². The Morgan fingerprint density at radius 1 is 1.44 bits per heavy atom. The lowest BCUT2D eigenvalue weighted by Crippen LogP contribution is -2.33. The van der Waals surface area contributed by atoms with Crippen LogP contribution in [0.4, 0.5) is 0 Å². The number of imidazole rings is 1. The third-order valence-corrected chi connectivity index (χ3v) is 3.75. The van der Waals surface area contributed by atoms with E-state index in [0.717, 1.165) is 34.9 Å². The van der Waals surface area contributed by atoms with Crippen LogP contribution in [0.2, 0.25) is 0 Å². The van der Waals surface area contributed by atoms with E-state index in [1.165, 1.54) is 0 Å². The highest BCUT2D eigenvalue weighted by molar-refractivity contribution is 7.99. The minimum Gasteiger partial charge on any atom is -0.366 e. The van der Waals surface area contributed by atoms with Crippen LogP contribution in [-0.2, 0) is 0 Å². The maximum atomic E-state index is 4.99. The minimum absolute atomic E-state index is 0.698. The van der Waals surface area contributed by atoms with E-state index in [4.69, 9.17) is 12.2 Å². The molecular formula is C12H16N4S2. The van der Waals surface area contributed by atoms with Gasteiger partial charge in [-0.05, 0) is 30.8 Å². The van der Waals surface area contributed by atoms with Gasteiger partial charge in [0.05, 0.1) is 11.0 Å². The molecule has 1 heterocycles. The van der Waals surface area contributed by atoms with Crippen molar-refractivity contribution in [2.75, 3.05) is 19.3 Å². The van der Waals surface area contributed by atoms with Crippen molar-refractivity contribution in [1.82, 2.24) is 20.6 Å². The van der Waals surface area contributed by atoms with Gasteiger partial charge < -0.3 is 15.6 Å². The number of para-hydroxylation sites is 2. The number of thiocarbonyl (C=S) groups is 1. The summed E-state index contributed by atoms with van der Waals surface area (Å²) in [5.74, 6) is 1.01. The number of hydrogen-bond acceptors (Lipinski definition) is 3. The Hall–Kier alpha value is -1.27. The lowest BCUT2D eigenvalue weighted by atomic mass is 10.3. The van der Waals surface area contributed by atoms with Gasteiger partial charge in [0.2, 0.25) is 0 Å². The number of rotatable bonds is 5. The predicted octanol–water partition coefficient (Wildman–Crippen LogP) is 2.14. The molecule has 0 saturated heterocycles. The number of thioether (sulfide) groups is 1. The number of benzene rings is 1. The van der Waals surface area contributed by atoms with Gasteiger partial charge >= 0.3 is 0 Å². The molecule has 0 aliphatic heterocycles. The van der Waals surface area contributed by atoms with Gasteiger partial charge in [-0.1, -0.05) is 23.9 Å². The lowest BCUT2D eigenvalue weighted by molar-refractivity contribution is 0.833. The fourth-order valence-electron chi connectivity index (χ4n) is 1.53. The first-order valence-electron chi connectivity index (χ1n) is 5.83.